The van der Waals surface area contributed by atoms with Crippen LogP contribution in [0.15, 0.2) is 72.9 Å². The van der Waals surface area contributed by atoms with Crippen molar-refractivity contribution in [3.8, 4) is 22.4 Å². The number of hydrogen-bond donors (Lipinski definition) is 0. The lowest BCUT2D eigenvalue weighted by Gasteiger charge is -2.05. The first-order valence-electron chi connectivity index (χ1n) is 6.37. The van der Waals surface area contributed by atoms with Crippen molar-refractivity contribution in [1.29, 1.82) is 0 Å². The average molecular weight is 256 g/mol. The fourth-order valence-electron chi connectivity index (χ4n) is 2.14. The van der Waals surface area contributed by atoms with E-state index in [9.17, 15) is 0 Å². The topological polar surface area (TPSA) is 17.2 Å². The molecule has 0 aliphatic rings. The van der Waals surface area contributed by atoms with Crippen molar-refractivity contribution < 1.29 is 0 Å². The first-order valence-corrected chi connectivity index (χ1v) is 6.37. The van der Waals surface area contributed by atoms with Crippen LogP contribution in [0.3, 0.4) is 0 Å². The summed E-state index contributed by atoms with van der Waals surface area (Å²) in [5.41, 5.74) is 4.56. The maximum Gasteiger partial charge on any atom is 0.196 e. The Balaban J connectivity index is 2.00. The third-order valence-corrected chi connectivity index (χ3v) is 3.17. The maximum absolute atomic E-state index is 7.21. The predicted molar refractivity (Wildman–Crippen MR) is 81.4 cm³/mol. The fraction of sp³-hybridized carbons (Fsp3) is 0. The lowest BCUT2D eigenvalue weighted by molar-refractivity contribution is 1.33. The van der Waals surface area contributed by atoms with Gasteiger partial charge in [0, 0.05) is 17.3 Å². The Morgan fingerprint density at radius 2 is 1.50 bits per heavy atom. The highest BCUT2D eigenvalue weighted by molar-refractivity contribution is 5.77. The summed E-state index contributed by atoms with van der Waals surface area (Å²) in [6, 6.07) is 21.7. The van der Waals surface area contributed by atoms with Crippen molar-refractivity contribution in [2.75, 3.05) is 0 Å². The zero-order valence-electron chi connectivity index (χ0n) is 10.8. The molecule has 0 atom stereocenters. The van der Waals surface area contributed by atoms with Crippen molar-refractivity contribution in [1.82, 2.24) is 4.98 Å². The number of benzene rings is 2. The molecular formula is C18H12N2. The van der Waals surface area contributed by atoms with Crippen LogP contribution >= 0.6 is 0 Å². The summed E-state index contributed by atoms with van der Waals surface area (Å²) in [4.78, 5) is 8.03. The molecule has 1 heterocycles. The van der Waals surface area contributed by atoms with Crippen LogP contribution in [0.1, 0.15) is 0 Å². The average Bonchev–Trinajstić information content (AvgIpc) is 2.56. The van der Waals surface area contributed by atoms with Crippen LogP contribution in [0.25, 0.3) is 27.2 Å². The standard InChI is InChI=1S/C18H12N2/c1-19-17-10-6-5-9-16(17)18-12-11-15(13-20-18)14-7-3-2-4-8-14/h2-13H. The molecule has 20 heavy (non-hydrogen) atoms. The van der Waals surface area contributed by atoms with Crippen LogP contribution in [0.4, 0.5) is 5.69 Å². The zero-order chi connectivity index (χ0) is 13.8. The Morgan fingerprint density at radius 1 is 0.750 bits per heavy atom. The van der Waals surface area contributed by atoms with E-state index in [1.807, 2.05) is 60.8 Å². The number of aromatic nitrogens is 1. The van der Waals surface area contributed by atoms with Gasteiger partial charge in [-0.3, -0.25) is 4.98 Å². The molecule has 0 aliphatic carbocycles. The van der Waals surface area contributed by atoms with E-state index in [-0.39, 0.29) is 0 Å². The molecule has 94 valence electrons. The van der Waals surface area contributed by atoms with Crippen molar-refractivity contribution >= 4 is 5.69 Å². The van der Waals surface area contributed by atoms with Crippen molar-refractivity contribution in [3.63, 3.8) is 0 Å². The van der Waals surface area contributed by atoms with Gasteiger partial charge in [-0.05, 0) is 11.6 Å². The van der Waals surface area contributed by atoms with E-state index < -0.39 is 0 Å². The predicted octanol–water partition coefficient (Wildman–Crippen LogP) is 4.97. The van der Waals surface area contributed by atoms with Gasteiger partial charge in [0.15, 0.2) is 5.69 Å². The molecule has 2 aromatic carbocycles. The first kappa shape index (κ1) is 12.1. The van der Waals surface area contributed by atoms with Crippen molar-refractivity contribution in [2.45, 2.75) is 0 Å². The maximum atomic E-state index is 7.21. The Bertz CT molecular complexity index is 753. The second-order valence-corrected chi connectivity index (χ2v) is 4.43. The molecule has 2 nitrogen and oxygen atoms in total. The second kappa shape index (κ2) is 5.38. The minimum absolute atomic E-state index is 0.632. The summed E-state index contributed by atoms with van der Waals surface area (Å²) in [6.45, 7) is 7.21. The van der Waals surface area contributed by atoms with E-state index >= 15 is 0 Å². The van der Waals surface area contributed by atoms with Gasteiger partial charge in [-0.1, -0.05) is 60.7 Å². The van der Waals surface area contributed by atoms with Gasteiger partial charge in [-0.2, -0.15) is 0 Å². The van der Waals surface area contributed by atoms with Crippen LogP contribution in [0.2, 0.25) is 0 Å². The molecule has 0 unspecified atom stereocenters. The number of nitrogens with zero attached hydrogens (tertiary/aromatic N) is 2. The molecular weight excluding hydrogens is 244 g/mol. The molecule has 3 rings (SSSR count). The Hall–Kier alpha value is -2.92. The normalized spacial score (nSPS) is 9.95. The van der Waals surface area contributed by atoms with E-state index in [2.05, 4.69) is 22.0 Å². The summed E-state index contributed by atoms with van der Waals surface area (Å²) in [5, 5.41) is 0. The van der Waals surface area contributed by atoms with Crippen molar-refractivity contribution in [3.05, 3.63) is 84.3 Å². The number of rotatable bonds is 2. The van der Waals surface area contributed by atoms with E-state index in [4.69, 9.17) is 6.57 Å². The molecule has 0 amide bonds. The molecule has 0 fully saturated rings. The van der Waals surface area contributed by atoms with Crippen LogP contribution in [-0.2, 0) is 0 Å². The van der Waals surface area contributed by atoms with Gasteiger partial charge >= 0.3 is 0 Å². The van der Waals surface area contributed by atoms with Gasteiger partial charge in [-0.25, -0.2) is 4.85 Å². The smallest absolute Gasteiger partial charge is 0.196 e. The molecule has 0 saturated heterocycles. The van der Waals surface area contributed by atoms with Crippen molar-refractivity contribution in [2.24, 2.45) is 0 Å². The van der Waals surface area contributed by atoms with Gasteiger partial charge < -0.3 is 0 Å². The molecule has 0 bridgehead atoms. The summed E-state index contributed by atoms with van der Waals surface area (Å²) in [6.07, 6.45) is 1.85. The van der Waals surface area contributed by atoms with Gasteiger partial charge in [0.25, 0.3) is 0 Å². The SMILES string of the molecule is [C-]#[N+]c1ccccc1-c1ccc(-c2ccccc2)cn1. The molecule has 3 aromatic rings. The van der Waals surface area contributed by atoms with Crippen LogP contribution < -0.4 is 0 Å². The Labute approximate surface area is 118 Å². The molecule has 0 spiro atoms. The monoisotopic (exact) mass is 256 g/mol. The first-order chi connectivity index (χ1) is 9.88. The van der Waals surface area contributed by atoms with E-state index in [0.717, 1.165) is 22.4 Å². The van der Waals surface area contributed by atoms with Gasteiger partial charge in [-0.15, -0.1) is 0 Å². The lowest BCUT2D eigenvalue weighted by atomic mass is 10.1. The minimum Gasteiger partial charge on any atom is -0.257 e. The molecule has 0 radical (unpaired) electrons. The third-order valence-electron chi connectivity index (χ3n) is 3.17. The zero-order valence-corrected chi connectivity index (χ0v) is 10.8. The highest BCUT2D eigenvalue weighted by Crippen LogP contribution is 2.29. The van der Waals surface area contributed by atoms with Gasteiger partial charge in [0.2, 0.25) is 0 Å². The summed E-state index contributed by atoms with van der Waals surface area (Å²) in [7, 11) is 0. The molecule has 0 saturated carbocycles. The molecule has 0 N–H and O–H groups in total. The van der Waals surface area contributed by atoms with Gasteiger partial charge in [0.05, 0.1) is 12.3 Å². The summed E-state index contributed by atoms with van der Waals surface area (Å²) < 4.78 is 0. The minimum atomic E-state index is 0.632. The highest BCUT2D eigenvalue weighted by Gasteiger charge is 2.05. The number of para-hydroxylation sites is 1. The van der Waals surface area contributed by atoms with E-state index in [1.54, 1.807) is 0 Å². The van der Waals surface area contributed by atoms with Crippen LogP contribution in [-0.4, -0.2) is 4.98 Å². The highest BCUT2D eigenvalue weighted by atomic mass is 14.7. The lowest BCUT2D eigenvalue weighted by Crippen LogP contribution is -1.85. The van der Waals surface area contributed by atoms with E-state index in [1.165, 1.54) is 0 Å². The largest absolute Gasteiger partial charge is 0.257 e. The van der Waals surface area contributed by atoms with Crippen LogP contribution in [0, 0.1) is 6.57 Å². The quantitative estimate of drug-likeness (QED) is 0.592. The Morgan fingerprint density at radius 3 is 2.20 bits per heavy atom. The molecule has 1 aromatic heterocycles. The number of hydrogen-bond acceptors (Lipinski definition) is 1. The molecule has 2 heteroatoms. The Kier molecular flexibility index (Phi) is 3.26. The molecule has 0 aliphatic heterocycles. The summed E-state index contributed by atoms with van der Waals surface area (Å²) in [5.74, 6) is 0. The van der Waals surface area contributed by atoms with Crippen LogP contribution in [0.5, 0.6) is 0 Å². The fourth-order valence-corrected chi connectivity index (χ4v) is 2.14. The van der Waals surface area contributed by atoms with Gasteiger partial charge in [0.1, 0.15) is 0 Å². The third kappa shape index (κ3) is 2.30. The number of pyridine rings is 1. The van der Waals surface area contributed by atoms with E-state index in [0.29, 0.717) is 5.69 Å². The summed E-state index contributed by atoms with van der Waals surface area (Å²) >= 11 is 0. The second-order valence-electron chi connectivity index (χ2n) is 4.43.